The SMILES string of the molecule is CC(C)(C)c1ccc(CCc2cc(O)c(C(C)(C)C)cc2C(C)(C)C)cc1O. The molecule has 0 heterocycles. The van der Waals surface area contributed by atoms with Crippen molar-refractivity contribution >= 4 is 0 Å². The average molecular weight is 383 g/mol. The maximum atomic E-state index is 10.6. The number of aryl methyl sites for hydroxylation is 2. The topological polar surface area (TPSA) is 40.5 Å². The van der Waals surface area contributed by atoms with E-state index in [0.29, 0.717) is 11.5 Å². The zero-order valence-electron chi connectivity index (χ0n) is 19.2. The van der Waals surface area contributed by atoms with E-state index >= 15 is 0 Å². The van der Waals surface area contributed by atoms with Crippen LogP contribution in [0.15, 0.2) is 30.3 Å². The number of rotatable bonds is 3. The van der Waals surface area contributed by atoms with E-state index in [2.05, 4.69) is 74.4 Å². The minimum atomic E-state index is -0.100. The monoisotopic (exact) mass is 382 g/mol. The first-order chi connectivity index (χ1) is 12.6. The van der Waals surface area contributed by atoms with Crippen molar-refractivity contribution in [1.29, 1.82) is 0 Å². The van der Waals surface area contributed by atoms with Gasteiger partial charge in [-0.15, -0.1) is 0 Å². The molecule has 154 valence electrons. The van der Waals surface area contributed by atoms with Gasteiger partial charge in [0.25, 0.3) is 0 Å². The summed E-state index contributed by atoms with van der Waals surface area (Å²) in [5.74, 6) is 0.744. The molecule has 0 spiro atoms. The predicted octanol–water partition coefficient (Wildman–Crippen LogP) is 6.78. The molecule has 2 N–H and O–H groups in total. The number of benzene rings is 2. The van der Waals surface area contributed by atoms with Gasteiger partial charge in [-0.2, -0.15) is 0 Å². The summed E-state index contributed by atoms with van der Waals surface area (Å²) in [5, 5.41) is 21.1. The maximum Gasteiger partial charge on any atom is 0.119 e. The molecule has 0 aliphatic heterocycles. The second-order valence-electron chi connectivity index (χ2n) is 11.1. The smallest absolute Gasteiger partial charge is 0.119 e. The van der Waals surface area contributed by atoms with Crippen molar-refractivity contribution in [2.75, 3.05) is 0 Å². The summed E-state index contributed by atoms with van der Waals surface area (Å²) < 4.78 is 0. The van der Waals surface area contributed by atoms with Crippen LogP contribution in [-0.4, -0.2) is 10.2 Å². The highest BCUT2D eigenvalue weighted by atomic mass is 16.3. The molecule has 0 aromatic heterocycles. The molecular weight excluding hydrogens is 344 g/mol. The molecule has 28 heavy (non-hydrogen) atoms. The van der Waals surface area contributed by atoms with Gasteiger partial charge in [-0.25, -0.2) is 0 Å². The van der Waals surface area contributed by atoms with Gasteiger partial charge in [-0.05, 0) is 69.0 Å². The Hall–Kier alpha value is -1.96. The first-order valence-corrected chi connectivity index (χ1v) is 10.3. The highest BCUT2D eigenvalue weighted by Gasteiger charge is 2.25. The van der Waals surface area contributed by atoms with Crippen molar-refractivity contribution in [2.45, 2.75) is 91.4 Å². The zero-order valence-corrected chi connectivity index (χ0v) is 19.2. The van der Waals surface area contributed by atoms with Crippen LogP contribution in [0, 0.1) is 0 Å². The minimum Gasteiger partial charge on any atom is -0.508 e. The lowest BCUT2D eigenvalue weighted by Gasteiger charge is -2.28. The second kappa shape index (κ2) is 7.46. The van der Waals surface area contributed by atoms with E-state index in [1.54, 1.807) is 0 Å². The fourth-order valence-corrected chi connectivity index (χ4v) is 3.78. The van der Waals surface area contributed by atoms with Crippen LogP contribution < -0.4 is 0 Å². The third-order valence-electron chi connectivity index (χ3n) is 5.39. The molecule has 0 aliphatic carbocycles. The van der Waals surface area contributed by atoms with E-state index in [4.69, 9.17) is 0 Å². The van der Waals surface area contributed by atoms with Gasteiger partial charge < -0.3 is 10.2 Å². The largest absolute Gasteiger partial charge is 0.508 e. The van der Waals surface area contributed by atoms with Gasteiger partial charge >= 0.3 is 0 Å². The quantitative estimate of drug-likeness (QED) is 0.614. The normalized spacial score (nSPS) is 13.0. The van der Waals surface area contributed by atoms with Crippen molar-refractivity contribution in [3.8, 4) is 11.5 Å². The Morgan fingerprint density at radius 2 is 1.07 bits per heavy atom. The zero-order chi connectivity index (χ0) is 21.5. The molecule has 2 aromatic rings. The molecule has 2 rings (SSSR count). The van der Waals surface area contributed by atoms with Crippen LogP contribution in [-0.2, 0) is 29.1 Å². The van der Waals surface area contributed by atoms with Crippen LogP contribution in [0.3, 0.4) is 0 Å². The first kappa shape index (κ1) is 22.3. The van der Waals surface area contributed by atoms with Crippen LogP contribution in [0.25, 0.3) is 0 Å². The molecule has 0 unspecified atom stereocenters. The molecular formula is C26H38O2. The standard InChI is InChI=1S/C26H38O2/c1-24(2,3)19-13-11-17(14-22(19)27)10-12-18-15-23(28)21(26(7,8)9)16-20(18)25(4,5)6/h11,13-16,27-28H,10,12H2,1-9H3. The fraction of sp³-hybridized carbons (Fsp3) is 0.538. The van der Waals surface area contributed by atoms with Crippen LogP contribution in [0.1, 0.15) is 90.1 Å². The summed E-state index contributed by atoms with van der Waals surface area (Å²) in [7, 11) is 0. The van der Waals surface area contributed by atoms with Gasteiger partial charge in [0.2, 0.25) is 0 Å². The number of phenols is 2. The van der Waals surface area contributed by atoms with Crippen LogP contribution >= 0.6 is 0 Å². The molecule has 0 atom stereocenters. The molecule has 0 amide bonds. The van der Waals surface area contributed by atoms with Crippen LogP contribution in [0.2, 0.25) is 0 Å². The Morgan fingerprint density at radius 1 is 0.571 bits per heavy atom. The number of hydrogen-bond acceptors (Lipinski definition) is 2. The van der Waals surface area contributed by atoms with Gasteiger partial charge in [0.05, 0.1) is 0 Å². The third-order valence-corrected chi connectivity index (χ3v) is 5.39. The van der Waals surface area contributed by atoms with E-state index in [1.165, 1.54) is 11.1 Å². The highest BCUT2D eigenvalue weighted by molar-refractivity contribution is 5.48. The summed E-state index contributed by atoms with van der Waals surface area (Å²) in [6.07, 6.45) is 1.66. The van der Waals surface area contributed by atoms with E-state index in [-0.39, 0.29) is 16.2 Å². The molecule has 2 heteroatoms. The van der Waals surface area contributed by atoms with Crippen molar-refractivity contribution in [2.24, 2.45) is 0 Å². The van der Waals surface area contributed by atoms with Gasteiger partial charge in [-0.1, -0.05) is 80.5 Å². The Morgan fingerprint density at radius 3 is 1.54 bits per heavy atom. The van der Waals surface area contributed by atoms with Gasteiger partial charge in [0.15, 0.2) is 0 Å². The van der Waals surface area contributed by atoms with Gasteiger partial charge in [0.1, 0.15) is 11.5 Å². The fourth-order valence-electron chi connectivity index (χ4n) is 3.78. The number of phenolic OH excluding ortho intramolecular Hbond substituents is 2. The van der Waals surface area contributed by atoms with Crippen LogP contribution in [0.5, 0.6) is 11.5 Å². The Balaban J connectivity index is 2.36. The number of aromatic hydroxyl groups is 2. The number of hydrogen-bond donors (Lipinski definition) is 2. The molecule has 2 nitrogen and oxygen atoms in total. The molecule has 0 saturated heterocycles. The maximum absolute atomic E-state index is 10.6. The molecule has 2 aromatic carbocycles. The van der Waals surface area contributed by atoms with Gasteiger partial charge in [0, 0.05) is 0 Å². The summed E-state index contributed by atoms with van der Waals surface area (Å²) >= 11 is 0. The Labute approximate surface area is 171 Å². The Kier molecular flexibility index (Phi) is 5.95. The summed E-state index contributed by atoms with van der Waals surface area (Å²) in [5.41, 5.74) is 5.37. The van der Waals surface area contributed by atoms with E-state index < -0.39 is 0 Å². The molecule has 0 aliphatic rings. The van der Waals surface area contributed by atoms with Gasteiger partial charge in [-0.3, -0.25) is 0 Å². The summed E-state index contributed by atoms with van der Waals surface area (Å²) in [6, 6.07) is 10.2. The minimum absolute atomic E-state index is 0.00125. The molecule has 0 fully saturated rings. The van der Waals surface area contributed by atoms with Crippen molar-refractivity contribution in [1.82, 2.24) is 0 Å². The van der Waals surface area contributed by atoms with E-state index in [0.717, 1.165) is 29.5 Å². The third kappa shape index (κ3) is 5.10. The lowest BCUT2D eigenvalue weighted by Crippen LogP contribution is -2.19. The Bertz CT molecular complexity index is 840. The van der Waals surface area contributed by atoms with Crippen molar-refractivity contribution < 1.29 is 10.2 Å². The first-order valence-electron chi connectivity index (χ1n) is 10.3. The highest BCUT2D eigenvalue weighted by Crippen LogP contribution is 2.38. The average Bonchev–Trinajstić information content (AvgIpc) is 2.49. The van der Waals surface area contributed by atoms with Crippen molar-refractivity contribution in [3.05, 3.63) is 58.1 Å². The molecule has 0 bridgehead atoms. The lowest BCUT2D eigenvalue weighted by atomic mass is 9.77. The predicted molar refractivity (Wildman–Crippen MR) is 120 cm³/mol. The lowest BCUT2D eigenvalue weighted by molar-refractivity contribution is 0.442. The summed E-state index contributed by atoms with van der Waals surface area (Å²) in [6.45, 7) is 19.4. The van der Waals surface area contributed by atoms with E-state index in [9.17, 15) is 10.2 Å². The molecule has 0 saturated carbocycles. The van der Waals surface area contributed by atoms with Crippen LogP contribution in [0.4, 0.5) is 0 Å². The second-order valence-corrected chi connectivity index (χ2v) is 11.1. The molecule has 0 radical (unpaired) electrons. The van der Waals surface area contributed by atoms with E-state index in [1.807, 2.05) is 18.2 Å². The summed E-state index contributed by atoms with van der Waals surface area (Å²) in [4.78, 5) is 0. The van der Waals surface area contributed by atoms with Crippen molar-refractivity contribution in [3.63, 3.8) is 0 Å².